The molecule has 0 unspecified atom stereocenters. The van der Waals surface area contributed by atoms with Gasteiger partial charge in [-0.15, -0.1) is 0 Å². The summed E-state index contributed by atoms with van der Waals surface area (Å²) in [6, 6.07) is 6.13. The molecule has 0 bridgehead atoms. The van der Waals surface area contributed by atoms with E-state index in [9.17, 15) is 0 Å². The minimum absolute atomic E-state index is 0.730. The van der Waals surface area contributed by atoms with Crippen molar-refractivity contribution in [2.24, 2.45) is 0 Å². The first kappa shape index (κ1) is 12.1. The van der Waals surface area contributed by atoms with Crippen molar-refractivity contribution in [2.75, 3.05) is 30.3 Å². The first-order valence-corrected chi connectivity index (χ1v) is 6.58. The maximum Gasteiger partial charge on any atom is 0.144 e. The van der Waals surface area contributed by atoms with E-state index in [1.54, 1.807) is 0 Å². The third-order valence-electron chi connectivity index (χ3n) is 3.18. The number of ether oxygens (including phenoxy) is 1. The van der Waals surface area contributed by atoms with Crippen LogP contribution in [0.3, 0.4) is 0 Å². The van der Waals surface area contributed by atoms with Crippen LogP contribution in [-0.4, -0.2) is 19.7 Å². The molecule has 0 amide bonds. The highest BCUT2D eigenvalue weighted by Crippen LogP contribution is 2.29. The predicted molar refractivity (Wildman–Crippen MR) is 72.7 cm³/mol. The van der Waals surface area contributed by atoms with Crippen LogP contribution in [0.2, 0.25) is 0 Å². The molecule has 1 fully saturated rings. The zero-order valence-corrected chi connectivity index (χ0v) is 10.6. The molecular weight excluding hydrogens is 212 g/mol. The molecule has 1 heterocycles. The van der Waals surface area contributed by atoms with Gasteiger partial charge in [0, 0.05) is 24.8 Å². The van der Waals surface area contributed by atoms with E-state index >= 15 is 0 Å². The van der Waals surface area contributed by atoms with E-state index in [0.29, 0.717) is 0 Å². The number of nitrogens with two attached hydrogens (primary N) is 1. The third-order valence-corrected chi connectivity index (χ3v) is 3.18. The van der Waals surface area contributed by atoms with Crippen molar-refractivity contribution in [3.05, 3.63) is 18.2 Å². The van der Waals surface area contributed by atoms with E-state index < -0.39 is 0 Å². The molecular formula is C14H22N2O. The number of piperidine rings is 1. The summed E-state index contributed by atoms with van der Waals surface area (Å²) in [6.07, 6.45) is 4.93. The van der Waals surface area contributed by atoms with Gasteiger partial charge in [0.1, 0.15) is 5.75 Å². The first-order valence-electron chi connectivity index (χ1n) is 6.58. The molecule has 0 radical (unpaired) electrons. The van der Waals surface area contributed by atoms with Gasteiger partial charge in [-0.05, 0) is 37.8 Å². The first-order chi connectivity index (χ1) is 8.31. The molecule has 2 N–H and O–H groups in total. The Hall–Kier alpha value is -1.38. The van der Waals surface area contributed by atoms with Crippen molar-refractivity contribution in [1.82, 2.24) is 0 Å². The second-order valence-corrected chi connectivity index (χ2v) is 4.62. The fourth-order valence-corrected chi connectivity index (χ4v) is 2.21. The Labute approximate surface area is 104 Å². The lowest BCUT2D eigenvalue weighted by molar-refractivity contribution is 0.319. The van der Waals surface area contributed by atoms with Crippen LogP contribution in [-0.2, 0) is 0 Å². The van der Waals surface area contributed by atoms with Gasteiger partial charge in [0.15, 0.2) is 0 Å². The Bertz CT molecular complexity index is 359. The van der Waals surface area contributed by atoms with Crippen LogP contribution < -0.4 is 15.4 Å². The molecule has 3 nitrogen and oxygen atoms in total. The molecule has 1 aromatic rings. The highest BCUT2D eigenvalue weighted by atomic mass is 16.5. The number of hydrogen-bond acceptors (Lipinski definition) is 3. The Morgan fingerprint density at radius 3 is 2.71 bits per heavy atom. The summed E-state index contributed by atoms with van der Waals surface area (Å²) in [7, 11) is 0. The van der Waals surface area contributed by atoms with Gasteiger partial charge in [0.05, 0.1) is 12.3 Å². The van der Waals surface area contributed by atoms with Gasteiger partial charge in [-0.2, -0.15) is 0 Å². The monoisotopic (exact) mass is 234 g/mol. The molecule has 0 atom stereocenters. The van der Waals surface area contributed by atoms with Crippen LogP contribution in [0, 0.1) is 0 Å². The summed E-state index contributed by atoms with van der Waals surface area (Å²) in [6.45, 7) is 5.13. The molecule has 0 aromatic heterocycles. The summed E-state index contributed by atoms with van der Waals surface area (Å²) >= 11 is 0. The van der Waals surface area contributed by atoms with Crippen LogP contribution in [0.5, 0.6) is 5.75 Å². The van der Waals surface area contributed by atoms with Crippen molar-refractivity contribution >= 4 is 11.4 Å². The van der Waals surface area contributed by atoms with Crippen LogP contribution in [0.25, 0.3) is 0 Å². The van der Waals surface area contributed by atoms with Crippen LogP contribution in [0.1, 0.15) is 32.6 Å². The molecule has 17 heavy (non-hydrogen) atoms. The minimum Gasteiger partial charge on any atom is -0.491 e. The van der Waals surface area contributed by atoms with E-state index in [1.165, 1.54) is 24.9 Å². The fourth-order valence-electron chi connectivity index (χ4n) is 2.21. The van der Waals surface area contributed by atoms with Crippen LogP contribution in [0.4, 0.5) is 11.4 Å². The second kappa shape index (κ2) is 5.80. The zero-order chi connectivity index (χ0) is 12.1. The molecule has 1 aliphatic heterocycles. The van der Waals surface area contributed by atoms with E-state index in [1.807, 2.05) is 6.07 Å². The molecule has 0 spiro atoms. The molecule has 3 heteroatoms. The second-order valence-electron chi connectivity index (χ2n) is 4.62. The van der Waals surface area contributed by atoms with Gasteiger partial charge in [0.25, 0.3) is 0 Å². The number of nitrogen functional groups attached to an aromatic ring is 1. The Morgan fingerprint density at radius 1 is 1.24 bits per heavy atom. The number of hydrogen-bond donors (Lipinski definition) is 1. The smallest absolute Gasteiger partial charge is 0.144 e. The van der Waals surface area contributed by atoms with Crippen molar-refractivity contribution in [3.8, 4) is 5.75 Å². The van der Waals surface area contributed by atoms with Crippen molar-refractivity contribution in [1.29, 1.82) is 0 Å². The lowest BCUT2D eigenvalue weighted by Gasteiger charge is -2.29. The van der Waals surface area contributed by atoms with Crippen molar-refractivity contribution in [2.45, 2.75) is 32.6 Å². The van der Waals surface area contributed by atoms with Crippen LogP contribution in [0.15, 0.2) is 18.2 Å². The summed E-state index contributed by atoms with van der Waals surface area (Å²) < 4.78 is 5.67. The number of anilines is 2. The lowest BCUT2D eigenvalue weighted by Crippen LogP contribution is -2.29. The van der Waals surface area contributed by atoms with Gasteiger partial charge in [0.2, 0.25) is 0 Å². The molecule has 0 saturated carbocycles. The molecule has 0 aliphatic carbocycles. The Morgan fingerprint density at radius 2 is 2.00 bits per heavy atom. The summed E-state index contributed by atoms with van der Waals surface area (Å²) in [4.78, 5) is 2.42. The number of rotatable bonds is 4. The third kappa shape index (κ3) is 3.05. The Balaban J connectivity index is 2.11. The average molecular weight is 234 g/mol. The predicted octanol–water partition coefficient (Wildman–Crippen LogP) is 3.05. The maximum absolute atomic E-state index is 5.92. The molecule has 1 aromatic carbocycles. The van der Waals surface area contributed by atoms with Gasteiger partial charge >= 0.3 is 0 Å². The highest BCUT2D eigenvalue weighted by molar-refractivity contribution is 5.62. The average Bonchev–Trinajstić information content (AvgIpc) is 2.39. The normalized spacial score (nSPS) is 15.9. The molecule has 94 valence electrons. The molecule has 1 saturated heterocycles. The lowest BCUT2D eigenvalue weighted by atomic mass is 10.1. The highest BCUT2D eigenvalue weighted by Gasteiger charge is 2.12. The largest absolute Gasteiger partial charge is 0.491 e. The van der Waals surface area contributed by atoms with Gasteiger partial charge < -0.3 is 15.4 Å². The number of nitrogens with zero attached hydrogens (tertiary/aromatic N) is 1. The van der Waals surface area contributed by atoms with Crippen molar-refractivity contribution in [3.63, 3.8) is 0 Å². The summed E-state index contributed by atoms with van der Waals surface area (Å²) in [5.74, 6) is 0.829. The zero-order valence-electron chi connectivity index (χ0n) is 10.6. The number of benzene rings is 1. The Kier molecular flexibility index (Phi) is 4.13. The summed E-state index contributed by atoms with van der Waals surface area (Å²) in [5, 5.41) is 0. The quantitative estimate of drug-likeness (QED) is 0.814. The van der Waals surface area contributed by atoms with E-state index in [4.69, 9.17) is 10.5 Å². The van der Waals surface area contributed by atoms with Crippen LogP contribution >= 0.6 is 0 Å². The topological polar surface area (TPSA) is 38.5 Å². The minimum atomic E-state index is 0.730. The van der Waals surface area contributed by atoms with E-state index in [0.717, 1.165) is 37.6 Å². The SMILES string of the molecule is CCCOc1cc(N2CCCCC2)ccc1N. The standard InChI is InChI=1S/C14H22N2O/c1-2-10-17-14-11-12(6-7-13(14)15)16-8-4-3-5-9-16/h6-7,11H,2-5,8-10,15H2,1H3. The van der Waals surface area contributed by atoms with Crippen molar-refractivity contribution < 1.29 is 4.74 Å². The fraction of sp³-hybridized carbons (Fsp3) is 0.571. The van der Waals surface area contributed by atoms with E-state index in [-0.39, 0.29) is 0 Å². The van der Waals surface area contributed by atoms with E-state index in [2.05, 4.69) is 24.0 Å². The van der Waals surface area contributed by atoms with Gasteiger partial charge in [-0.1, -0.05) is 6.92 Å². The maximum atomic E-state index is 5.92. The van der Waals surface area contributed by atoms with Gasteiger partial charge in [-0.25, -0.2) is 0 Å². The molecule has 2 rings (SSSR count). The van der Waals surface area contributed by atoms with Gasteiger partial charge in [-0.3, -0.25) is 0 Å². The summed E-state index contributed by atoms with van der Waals surface area (Å²) in [5.41, 5.74) is 7.89. The molecule has 1 aliphatic rings.